The van der Waals surface area contributed by atoms with Gasteiger partial charge in [-0.2, -0.15) is 4.98 Å². The molecule has 152 valence electrons. The molecule has 0 atom stereocenters. The zero-order valence-corrected chi connectivity index (χ0v) is 16.9. The van der Waals surface area contributed by atoms with Crippen LogP contribution < -0.4 is 10.9 Å². The molecule has 4 aromatic rings. The number of fused-ring (bicyclic) bond motifs is 1. The largest absolute Gasteiger partial charge is 0.334 e. The number of para-hydroxylation sites is 2. The fourth-order valence-corrected chi connectivity index (χ4v) is 3.14. The molecule has 0 saturated heterocycles. The maximum absolute atomic E-state index is 12.8. The van der Waals surface area contributed by atoms with Gasteiger partial charge in [-0.1, -0.05) is 43.3 Å². The Morgan fingerprint density at radius 3 is 2.73 bits per heavy atom. The standard InChI is InChI=1S/C22H21N5O3/c1-13(2)20-25-21(30-26-20)16-9-6-7-14(3)19(16)24-18(28)11-27-12-23-17-10-5-4-8-15(17)22(27)29/h4-10,12-13H,11H2,1-3H3,(H,24,28). The first kappa shape index (κ1) is 19.5. The van der Waals surface area contributed by atoms with E-state index in [0.29, 0.717) is 33.9 Å². The molecule has 2 aromatic carbocycles. The van der Waals surface area contributed by atoms with Gasteiger partial charge < -0.3 is 9.84 Å². The summed E-state index contributed by atoms with van der Waals surface area (Å²) in [5, 5.41) is 7.35. The monoisotopic (exact) mass is 403 g/mol. The molecule has 30 heavy (non-hydrogen) atoms. The first-order chi connectivity index (χ1) is 14.4. The molecule has 2 heterocycles. The van der Waals surface area contributed by atoms with Gasteiger partial charge in [-0.05, 0) is 30.7 Å². The molecular formula is C22H21N5O3. The van der Waals surface area contributed by atoms with Crippen LogP contribution in [-0.2, 0) is 11.3 Å². The van der Waals surface area contributed by atoms with E-state index in [2.05, 4.69) is 20.4 Å². The Balaban J connectivity index is 1.62. The Kier molecular flexibility index (Phi) is 5.14. The molecule has 0 fully saturated rings. The summed E-state index contributed by atoms with van der Waals surface area (Å²) < 4.78 is 6.69. The fourth-order valence-electron chi connectivity index (χ4n) is 3.14. The number of aryl methyl sites for hydroxylation is 1. The number of hydrogen-bond donors (Lipinski definition) is 1. The minimum Gasteiger partial charge on any atom is -0.334 e. The van der Waals surface area contributed by atoms with E-state index in [0.717, 1.165) is 5.56 Å². The van der Waals surface area contributed by atoms with Crippen LogP contribution >= 0.6 is 0 Å². The highest BCUT2D eigenvalue weighted by molar-refractivity contribution is 5.95. The van der Waals surface area contributed by atoms with Crippen molar-refractivity contribution >= 4 is 22.5 Å². The number of aromatic nitrogens is 4. The zero-order chi connectivity index (χ0) is 21.3. The molecule has 0 aliphatic heterocycles. The lowest BCUT2D eigenvalue weighted by molar-refractivity contribution is -0.116. The van der Waals surface area contributed by atoms with Crippen molar-refractivity contribution in [2.45, 2.75) is 33.2 Å². The number of anilines is 1. The number of rotatable bonds is 5. The molecule has 1 amide bonds. The van der Waals surface area contributed by atoms with Gasteiger partial charge in [-0.3, -0.25) is 14.2 Å². The van der Waals surface area contributed by atoms with Crippen LogP contribution in [0.1, 0.15) is 31.2 Å². The lowest BCUT2D eigenvalue weighted by Crippen LogP contribution is -2.28. The predicted molar refractivity (Wildman–Crippen MR) is 113 cm³/mol. The molecule has 1 N–H and O–H groups in total. The highest BCUT2D eigenvalue weighted by atomic mass is 16.5. The number of nitrogens with zero attached hydrogens (tertiary/aromatic N) is 4. The highest BCUT2D eigenvalue weighted by Gasteiger charge is 2.18. The third-order valence-electron chi connectivity index (χ3n) is 4.77. The van der Waals surface area contributed by atoms with Gasteiger partial charge in [-0.15, -0.1) is 0 Å². The van der Waals surface area contributed by atoms with E-state index in [1.807, 2.05) is 45.0 Å². The first-order valence-corrected chi connectivity index (χ1v) is 9.61. The zero-order valence-electron chi connectivity index (χ0n) is 16.9. The van der Waals surface area contributed by atoms with Crippen LogP contribution in [-0.4, -0.2) is 25.6 Å². The quantitative estimate of drug-likeness (QED) is 0.547. The molecule has 0 aliphatic rings. The first-order valence-electron chi connectivity index (χ1n) is 9.61. The highest BCUT2D eigenvalue weighted by Crippen LogP contribution is 2.30. The summed E-state index contributed by atoms with van der Waals surface area (Å²) in [6.45, 7) is 5.67. The Labute approximate surface area is 172 Å². The molecule has 0 saturated carbocycles. The number of carbonyl (C=O) groups is 1. The van der Waals surface area contributed by atoms with E-state index in [1.54, 1.807) is 18.2 Å². The number of hydrogen-bond acceptors (Lipinski definition) is 6. The fraction of sp³-hybridized carbons (Fsp3) is 0.227. The summed E-state index contributed by atoms with van der Waals surface area (Å²) in [4.78, 5) is 34.1. The molecule has 0 spiro atoms. The predicted octanol–water partition coefficient (Wildman–Crippen LogP) is 3.52. The van der Waals surface area contributed by atoms with Gasteiger partial charge in [0.25, 0.3) is 11.4 Å². The van der Waals surface area contributed by atoms with Gasteiger partial charge in [0.15, 0.2) is 5.82 Å². The minimum absolute atomic E-state index is 0.123. The molecule has 0 aliphatic carbocycles. The lowest BCUT2D eigenvalue weighted by Gasteiger charge is -2.12. The van der Waals surface area contributed by atoms with E-state index in [9.17, 15) is 9.59 Å². The van der Waals surface area contributed by atoms with E-state index in [4.69, 9.17) is 4.52 Å². The van der Waals surface area contributed by atoms with Crippen LogP contribution in [0.15, 0.2) is 58.1 Å². The average molecular weight is 403 g/mol. The molecule has 8 nitrogen and oxygen atoms in total. The van der Waals surface area contributed by atoms with E-state index in [1.165, 1.54) is 10.9 Å². The Bertz CT molecular complexity index is 1290. The molecule has 0 unspecified atom stereocenters. The van der Waals surface area contributed by atoms with Crippen molar-refractivity contribution in [2.24, 2.45) is 0 Å². The third kappa shape index (κ3) is 3.71. The summed E-state index contributed by atoms with van der Waals surface area (Å²) in [6.07, 6.45) is 1.38. The van der Waals surface area contributed by atoms with Gasteiger partial charge in [0.1, 0.15) is 6.54 Å². The van der Waals surface area contributed by atoms with Crippen molar-refractivity contribution < 1.29 is 9.32 Å². The van der Waals surface area contributed by atoms with Crippen LogP contribution in [0.2, 0.25) is 0 Å². The summed E-state index contributed by atoms with van der Waals surface area (Å²) in [7, 11) is 0. The van der Waals surface area contributed by atoms with Gasteiger partial charge in [-0.25, -0.2) is 4.98 Å². The van der Waals surface area contributed by atoms with Gasteiger partial charge in [0.05, 0.1) is 28.5 Å². The van der Waals surface area contributed by atoms with Gasteiger partial charge in [0, 0.05) is 5.92 Å². The van der Waals surface area contributed by atoms with Crippen molar-refractivity contribution in [1.29, 1.82) is 0 Å². The summed E-state index contributed by atoms with van der Waals surface area (Å²) in [5.41, 5.74) is 2.38. The molecule has 4 rings (SSSR count). The number of carbonyl (C=O) groups excluding carboxylic acids is 1. The van der Waals surface area contributed by atoms with E-state index >= 15 is 0 Å². The van der Waals surface area contributed by atoms with Crippen LogP contribution in [0.3, 0.4) is 0 Å². The minimum atomic E-state index is -0.353. The molecule has 0 bridgehead atoms. The Hall–Kier alpha value is -3.81. The number of benzene rings is 2. The maximum Gasteiger partial charge on any atom is 0.261 e. The number of nitrogens with one attached hydrogen (secondary N) is 1. The van der Waals surface area contributed by atoms with Gasteiger partial charge in [0.2, 0.25) is 5.91 Å². The van der Waals surface area contributed by atoms with Crippen LogP contribution in [0.4, 0.5) is 5.69 Å². The van der Waals surface area contributed by atoms with Crippen molar-refractivity contribution in [3.63, 3.8) is 0 Å². The molecular weight excluding hydrogens is 382 g/mol. The normalized spacial score (nSPS) is 11.2. The average Bonchev–Trinajstić information content (AvgIpc) is 3.22. The maximum atomic E-state index is 12.8. The molecule has 2 aromatic heterocycles. The number of amides is 1. The topological polar surface area (TPSA) is 103 Å². The lowest BCUT2D eigenvalue weighted by atomic mass is 10.1. The van der Waals surface area contributed by atoms with Gasteiger partial charge >= 0.3 is 0 Å². The van der Waals surface area contributed by atoms with Crippen molar-refractivity contribution in [3.05, 3.63) is 70.5 Å². The smallest absolute Gasteiger partial charge is 0.261 e. The Morgan fingerprint density at radius 2 is 1.97 bits per heavy atom. The summed E-state index contributed by atoms with van der Waals surface area (Å²) in [6, 6.07) is 12.6. The Morgan fingerprint density at radius 1 is 1.17 bits per heavy atom. The second kappa shape index (κ2) is 7.90. The van der Waals surface area contributed by atoms with Crippen LogP contribution in [0.25, 0.3) is 22.4 Å². The molecule has 0 radical (unpaired) electrons. The van der Waals surface area contributed by atoms with Crippen LogP contribution in [0.5, 0.6) is 0 Å². The van der Waals surface area contributed by atoms with Crippen molar-refractivity contribution in [3.8, 4) is 11.5 Å². The van der Waals surface area contributed by atoms with E-state index in [-0.39, 0.29) is 23.9 Å². The second-order valence-corrected chi connectivity index (χ2v) is 7.35. The third-order valence-corrected chi connectivity index (χ3v) is 4.77. The summed E-state index contributed by atoms with van der Waals surface area (Å²) in [5.74, 6) is 0.700. The second-order valence-electron chi connectivity index (χ2n) is 7.35. The SMILES string of the molecule is Cc1cccc(-c2nc(C(C)C)no2)c1NC(=O)Cn1cnc2ccccc2c1=O. The van der Waals surface area contributed by atoms with Crippen molar-refractivity contribution in [1.82, 2.24) is 19.7 Å². The van der Waals surface area contributed by atoms with E-state index < -0.39 is 0 Å². The molecule has 8 heteroatoms. The van der Waals surface area contributed by atoms with Crippen LogP contribution in [0, 0.1) is 6.92 Å². The van der Waals surface area contributed by atoms with Crippen molar-refractivity contribution in [2.75, 3.05) is 5.32 Å². The summed E-state index contributed by atoms with van der Waals surface area (Å²) >= 11 is 0.